The van der Waals surface area contributed by atoms with Crippen LogP contribution in [0.2, 0.25) is 0 Å². The van der Waals surface area contributed by atoms with E-state index in [1.807, 2.05) is 32.0 Å². The lowest BCUT2D eigenvalue weighted by atomic mass is 10.1. The summed E-state index contributed by atoms with van der Waals surface area (Å²) in [4.78, 5) is 12.6. The molecule has 0 bridgehead atoms. The Morgan fingerprint density at radius 1 is 0.882 bits per heavy atom. The van der Waals surface area contributed by atoms with Gasteiger partial charge in [0.05, 0.1) is 24.8 Å². The molecule has 0 aliphatic rings. The first-order chi connectivity index (χ1) is 16.1. The van der Waals surface area contributed by atoms with Gasteiger partial charge in [-0.2, -0.15) is 0 Å². The Morgan fingerprint density at radius 3 is 2.21 bits per heavy atom. The van der Waals surface area contributed by atoms with Crippen molar-refractivity contribution >= 4 is 27.3 Å². The van der Waals surface area contributed by atoms with Crippen LogP contribution in [0.5, 0.6) is 17.2 Å². The number of hydrogen-bond donors (Lipinski definition) is 2. The Kier molecular flexibility index (Phi) is 7.68. The Balaban J connectivity index is 1.67. The zero-order chi connectivity index (χ0) is 24.9. The highest BCUT2D eigenvalue weighted by molar-refractivity contribution is 7.92. The number of benzene rings is 3. The topological polar surface area (TPSA) is 103 Å². The number of hydrogen-bond acceptors (Lipinski definition) is 6. The predicted molar refractivity (Wildman–Crippen MR) is 131 cm³/mol. The summed E-state index contributed by atoms with van der Waals surface area (Å²) in [6, 6.07) is 16.3. The molecule has 0 fully saturated rings. The molecular weight excluding hydrogens is 456 g/mol. The Morgan fingerprint density at radius 2 is 1.59 bits per heavy atom. The van der Waals surface area contributed by atoms with Crippen LogP contribution in [0.4, 0.5) is 11.4 Å². The number of ether oxygens (including phenoxy) is 3. The van der Waals surface area contributed by atoms with Gasteiger partial charge < -0.3 is 19.5 Å². The Labute approximate surface area is 199 Å². The number of rotatable bonds is 9. The van der Waals surface area contributed by atoms with Crippen LogP contribution in [0, 0.1) is 13.8 Å². The van der Waals surface area contributed by atoms with Crippen LogP contribution in [-0.2, 0) is 14.8 Å². The molecule has 2 N–H and O–H groups in total. The number of amides is 1. The van der Waals surface area contributed by atoms with Crippen LogP contribution in [0.15, 0.2) is 65.6 Å². The maximum absolute atomic E-state index is 12.8. The number of nitrogens with one attached hydrogen (secondary N) is 2. The molecule has 0 unspecified atom stereocenters. The molecule has 8 nitrogen and oxygen atoms in total. The van der Waals surface area contributed by atoms with Crippen LogP contribution in [-0.4, -0.2) is 34.6 Å². The van der Waals surface area contributed by atoms with Gasteiger partial charge in [-0.15, -0.1) is 0 Å². The molecule has 3 rings (SSSR count). The van der Waals surface area contributed by atoms with Gasteiger partial charge in [0.2, 0.25) is 0 Å². The van der Waals surface area contributed by atoms with E-state index in [4.69, 9.17) is 14.2 Å². The minimum atomic E-state index is -3.88. The van der Waals surface area contributed by atoms with Crippen molar-refractivity contribution in [2.24, 2.45) is 0 Å². The van der Waals surface area contributed by atoms with Crippen LogP contribution in [0.25, 0.3) is 0 Å². The number of methoxy groups -OCH3 is 2. The van der Waals surface area contributed by atoms with E-state index in [2.05, 4.69) is 10.0 Å². The second kappa shape index (κ2) is 10.5. The first-order valence-corrected chi connectivity index (χ1v) is 12.0. The van der Waals surface area contributed by atoms with Crippen molar-refractivity contribution in [3.63, 3.8) is 0 Å². The fourth-order valence-electron chi connectivity index (χ4n) is 3.22. The fourth-order valence-corrected chi connectivity index (χ4v) is 4.29. The lowest BCUT2D eigenvalue weighted by Gasteiger charge is -2.17. The summed E-state index contributed by atoms with van der Waals surface area (Å²) < 4.78 is 44.3. The number of carbonyl (C=O) groups excluding carboxylic acids is 1. The van der Waals surface area contributed by atoms with E-state index in [9.17, 15) is 13.2 Å². The fraction of sp³-hybridized carbons (Fsp3) is 0.240. The summed E-state index contributed by atoms with van der Waals surface area (Å²) in [5.74, 6) is 1.15. The third kappa shape index (κ3) is 5.99. The first kappa shape index (κ1) is 24.9. The van der Waals surface area contributed by atoms with Crippen LogP contribution < -0.4 is 24.2 Å². The largest absolute Gasteiger partial charge is 0.497 e. The van der Waals surface area contributed by atoms with Crippen LogP contribution in [0.1, 0.15) is 18.1 Å². The predicted octanol–water partition coefficient (Wildman–Crippen LogP) is 4.53. The van der Waals surface area contributed by atoms with Gasteiger partial charge in [0, 0.05) is 11.8 Å². The molecule has 0 saturated heterocycles. The van der Waals surface area contributed by atoms with E-state index in [0.717, 1.165) is 11.1 Å². The summed E-state index contributed by atoms with van der Waals surface area (Å²) in [5.41, 5.74) is 2.77. The van der Waals surface area contributed by atoms with E-state index in [1.165, 1.54) is 38.5 Å². The van der Waals surface area contributed by atoms with Gasteiger partial charge in [0.25, 0.3) is 15.9 Å². The van der Waals surface area contributed by atoms with Crippen molar-refractivity contribution in [2.45, 2.75) is 31.8 Å². The van der Waals surface area contributed by atoms with Crippen molar-refractivity contribution in [3.8, 4) is 17.2 Å². The van der Waals surface area contributed by atoms with Crippen LogP contribution >= 0.6 is 0 Å². The molecule has 1 amide bonds. The van der Waals surface area contributed by atoms with Gasteiger partial charge >= 0.3 is 0 Å². The molecule has 3 aromatic rings. The maximum Gasteiger partial charge on any atom is 0.265 e. The molecule has 0 aliphatic heterocycles. The van der Waals surface area contributed by atoms with Gasteiger partial charge in [-0.25, -0.2) is 8.42 Å². The minimum Gasteiger partial charge on any atom is -0.497 e. The number of aryl methyl sites for hydroxylation is 2. The normalized spacial score (nSPS) is 11.9. The van der Waals surface area contributed by atoms with Gasteiger partial charge in [0.1, 0.15) is 17.2 Å². The Hall–Kier alpha value is -3.72. The molecule has 0 heterocycles. The number of anilines is 2. The molecule has 180 valence electrons. The van der Waals surface area contributed by atoms with Gasteiger partial charge in [-0.05, 0) is 68.8 Å². The molecule has 0 spiro atoms. The standard InChI is InChI=1S/C25H28N2O6S/c1-16-6-13-23(17(2)14-16)33-18(3)25(28)26-19-7-10-21(11-8-19)34(29,30)27-22-12-9-20(31-4)15-24(22)32-5/h6-15,18,27H,1-5H3,(H,26,28)/t18-/m1/s1. The van der Waals surface area contributed by atoms with Gasteiger partial charge in [-0.1, -0.05) is 17.7 Å². The average Bonchev–Trinajstić information content (AvgIpc) is 2.81. The molecule has 1 atom stereocenters. The summed E-state index contributed by atoms with van der Waals surface area (Å²) in [5, 5.41) is 2.74. The summed E-state index contributed by atoms with van der Waals surface area (Å²) in [6.45, 7) is 5.56. The molecule has 0 aromatic heterocycles. The van der Waals surface area contributed by atoms with Gasteiger partial charge in [-0.3, -0.25) is 9.52 Å². The van der Waals surface area contributed by atoms with E-state index in [0.29, 0.717) is 22.9 Å². The molecular formula is C25H28N2O6S. The average molecular weight is 485 g/mol. The lowest BCUT2D eigenvalue weighted by molar-refractivity contribution is -0.122. The molecule has 9 heteroatoms. The zero-order valence-corrected chi connectivity index (χ0v) is 20.5. The second-order valence-corrected chi connectivity index (χ2v) is 9.40. The number of sulfonamides is 1. The number of carbonyl (C=O) groups is 1. The van der Waals surface area contributed by atoms with E-state index in [-0.39, 0.29) is 16.5 Å². The zero-order valence-electron chi connectivity index (χ0n) is 19.7. The second-order valence-electron chi connectivity index (χ2n) is 7.71. The minimum absolute atomic E-state index is 0.0305. The van der Waals surface area contributed by atoms with E-state index < -0.39 is 16.1 Å². The van der Waals surface area contributed by atoms with E-state index >= 15 is 0 Å². The van der Waals surface area contributed by atoms with Crippen molar-refractivity contribution in [2.75, 3.05) is 24.3 Å². The third-order valence-electron chi connectivity index (χ3n) is 5.09. The molecule has 0 saturated carbocycles. The third-order valence-corrected chi connectivity index (χ3v) is 6.47. The summed E-state index contributed by atoms with van der Waals surface area (Å²) in [6.07, 6.45) is -0.742. The SMILES string of the molecule is COc1ccc(NS(=O)(=O)c2ccc(NC(=O)[C@@H](C)Oc3ccc(C)cc3C)cc2)c(OC)c1. The van der Waals surface area contributed by atoms with Crippen molar-refractivity contribution in [3.05, 3.63) is 71.8 Å². The smallest absolute Gasteiger partial charge is 0.265 e. The van der Waals surface area contributed by atoms with Crippen LogP contribution in [0.3, 0.4) is 0 Å². The van der Waals surface area contributed by atoms with Crippen molar-refractivity contribution < 1.29 is 27.4 Å². The Bertz CT molecular complexity index is 1270. The van der Waals surface area contributed by atoms with Gasteiger partial charge in [0.15, 0.2) is 6.10 Å². The first-order valence-electron chi connectivity index (χ1n) is 10.5. The molecule has 0 aliphatic carbocycles. The molecule has 34 heavy (non-hydrogen) atoms. The lowest BCUT2D eigenvalue weighted by Crippen LogP contribution is -2.30. The monoisotopic (exact) mass is 484 g/mol. The van der Waals surface area contributed by atoms with Crippen molar-refractivity contribution in [1.29, 1.82) is 0 Å². The highest BCUT2D eigenvalue weighted by Gasteiger charge is 2.19. The maximum atomic E-state index is 12.8. The molecule has 0 radical (unpaired) electrons. The van der Waals surface area contributed by atoms with E-state index in [1.54, 1.807) is 25.1 Å². The summed E-state index contributed by atoms with van der Waals surface area (Å²) in [7, 11) is -0.936. The molecule has 3 aromatic carbocycles. The quantitative estimate of drug-likeness (QED) is 0.463. The summed E-state index contributed by atoms with van der Waals surface area (Å²) >= 11 is 0. The highest BCUT2D eigenvalue weighted by atomic mass is 32.2. The van der Waals surface area contributed by atoms with Crippen molar-refractivity contribution in [1.82, 2.24) is 0 Å². The highest BCUT2D eigenvalue weighted by Crippen LogP contribution is 2.31.